The van der Waals surface area contributed by atoms with Crippen molar-refractivity contribution in [3.8, 4) is 0 Å². The first-order valence-electron chi connectivity index (χ1n) is 17.8. The Morgan fingerprint density at radius 3 is 2.37 bits per heavy atom. The minimum Gasteiger partial charge on any atom is -0.472 e. The summed E-state index contributed by atoms with van der Waals surface area (Å²) in [5, 5.41) is 25.9. The van der Waals surface area contributed by atoms with Crippen LogP contribution in [0.15, 0.2) is 34.7 Å². The van der Waals surface area contributed by atoms with Gasteiger partial charge in [0.1, 0.15) is 29.0 Å². The lowest BCUT2D eigenvalue weighted by atomic mass is 9.33. The van der Waals surface area contributed by atoms with Crippen LogP contribution in [0.2, 0.25) is 0 Å². The van der Waals surface area contributed by atoms with Crippen molar-refractivity contribution in [2.45, 2.75) is 127 Å². The molecule has 3 saturated heterocycles. The Bertz CT molecular complexity index is 1740. The summed E-state index contributed by atoms with van der Waals surface area (Å²) in [6.45, 7) is 10.9. The third kappa shape index (κ3) is 3.61. The van der Waals surface area contributed by atoms with E-state index in [-0.39, 0.29) is 37.9 Å². The third-order valence-electron chi connectivity index (χ3n) is 14.2. The molecule has 14 heteroatoms. The molecule has 7 aliphatic rings. The Morgan fingerprint density at radius 2 is 1.75 bits per heavy atom. The largest absolute Gasteiger partial charge is 0.472 e. The predicted molar refractivity (Wildman–Crippen MR) is 170 cm³/mol. The molecule has 1 unspecified atom stereocenters. The van der Waals surface area contributed by atoms with Gasteiger partial charge >= 0.3 is 23.9 Å². The Morgan fingerprint density at radius 1 is 1.02 bits per heavy atom. The van der Waals surface area contributed by atoms with Gasteiger partial charge in [-0.1, -0.05) is 19.9 Å². The molecule has 4 aliphatic carbocycles. The molecule has 0 radical (unpaired) electrons. The number of aliphatic hydroxyl groups excluding tert-OH is 1. The standard InChI is InChI=1S/C37H46O14/c1-8-19(3)27(42)48-28-31(6)17-35-33(18-38,22(31)14-24(40)45-9-2)34-12-11-30(5)23(15-25(41)47-26(30)21-10-13-44-16-21)37(34,51-32(7,49-34)50-35)29(36(28,35)43)46-20(4)39/h8,10,13,16,22-23,26,28-29,38,43H,9,11-12,14-15,17-18H2,1-7H3/b19-8-/t22-,23+,26-,28-,29+,30+,31+,32?,33-,34-,35-,36-,37+/m0/s1. The molecule has 4 saturated carbocycles. The minimum absolute atomic E-state index is 0.0203. The van der Waals surface area contributed by atoms with Gasteiger partial charge in [0, 0.05) is 48.2 Å². The molecule has 1 aromatic rings. The van der Waals surface area contributed by atoms with Crippen molar-refractivity contribution in [3.05, 3.63) is 35.8 Å². The molecule has 2 N–H and O–H groups in total. The summed E-state index contributed by atoms with van der Waals surface area (Å²) < 4.78 is 50.6. The van der Waals surface area contributed by atoms with Gasteiger partial charge in [-0.15, -0.1) is 0 Å². The first-order chi connectivity index (χ1) is 24.0. The molecule has 4 heterocycles. The predicted octanol–water partition coefficient (Wildman–Crippen LogP) is 3.18. The Kier molecular flexibility index (Phi) is 7.11. The van der Waals surface area contributed by atoms with Crippen LogP contribution in [-0.2, 0) is 52.3 Å². The molecule has 8 rings (SSSR count). The highest BCUT2D eigenvalue weighted by atomic mass is 16.9. The van der Waals surface area contributed by atoms with Gasteiger partial charge in [0.15, 0.2) is 11.7 Å². The number of hydrogen-bond acceptors (Lipinski definition) is 14. The van der Waals surface area contributed by atoms with Crippen molar-refractivity contribution < 1.29 is 67.0 Å². The van der Waals surface area contributed by atoms with Crippen LogP contribution in [-0.4, -0.2) is 87.9 Å². The number of fused-ring (bicyclic) bond motifs is 3. The van der Waals surface area contributed by atoms with Gasteiger partial charge in [-0.2, -0.15) is 0 Å². The third-order valence-corrected chi connectivity index (χ3v) is 14.2. The van der Waals surface area contributed by atoms with Gasteiger partial charge in [0.05, 0.1) is 37.6 Å². The second kappa shape index (κ2) is 10.4. The second-order valence-corrected chi connectivity index (χ2v) is 16.3. The van der Waals surface area contributed by atoms with Crippen molar-refractivity contribution >= 4 is 23.9 Å². The molecule has 7 fully saturated rings. The van der Waals surface area contributed by atoms with E-state index in [1.165, 1.54) is 19.5 Å². The highest BCUT2D eigenvalue weighted by molar-refractivity contribution is 5.88. The van der Waals surface area contributed by atoms with Crippen molar-refractivity contribution in [3.63, 3.8) is 0 Å². The highest BCUT2D eigenvalue weighted by Gasteiger charge is 3.05. The lowest BCUT2D eigenvalue weighted by Crippen LogP contribution is -2.94. The quantitative estimate of drug-likeness (QED) is 0.227. The molecular weight excluding hydrogens is 668 g/mol. The number of allylic oxidation sites excluding steroid dienone is 1. The van der Waals surface area contributed by atoms with Gasteiger partial charge in [0.2, 0.25) is 0 Å². The summed E-state index contributed by atoms with van der Waals surface area (Å²) in [5.74, 6) is -6.32. The fraction of sp³-hybridized carbons (Fsp3) is 0.730. The highest BCUT2D eigenvalue weighted by Crippen LogP contribution is 2.89. The number of esters is 4. The number of carbonyl (C=O) groups is 4. The lowest BCUT2D eigenvalue weighted by Gasteiger charge is -2.77. The number of ether oxygens (including phenoxy) is 7. The van der Waals surface area contributed by atoms with E-state index in [0.29, 0.717) is 12.0 Å². The fourth-order valence-corrected chi connectivity index (χ4v) is 12.7. The molecule has 0 amide bonds. The van der Waals surface area contributed by atoms with Crippen LogP contribution in [0.4, 0.5) is 0 Å². The Hall–Kier alpha value is -3.30. The van der Waals surface area contributed by atoms with E-state index in [9.17, 15) is 29.4 Å². The van der Waals surface area contributed by atoms with Gasteiger partial charge in [-0.25, -0.2) is 4.79 Å². The summed E-state index contributed by atoms with van der Waals surface area (Å²) >= 11 is 0. The van der Waals surface area contributed by atoms with E-state index < -0.39 is 105 Å². The van der Waals surface area contributed by atoms with E-state index in [0.717, 1.165) is 0 Å². The molecule has 0 aromatic carbocycles. The Labute approximate surface area is 295 Å². The molecule has 14 nitrogen and oxygen atoms in total. The monoisotopic (exact) mass is 714 g/mol. The SMILES string of the molecule is C/C=C(/C)C(=O)O[C@H]1[C@]2(C)C[C@]34OC5(C)O[C@]6([C@@H]7CC(=O)O[C@@H](c8ccoc8)[C@]7(C)CC[C@]6(O5)[C@]3(CO)[C@H]2CC(=O)OCC)[C@H](OC(C)=O)[C@@]14O. The molecule has 1 aromatic heterocycles. The summed E-state index contributed by atoms with van der Waals surface area (Å²) in [6.07, 6.45) is 0.635. The van der Waals surface area contributed by atoms with Crippen LogP contribution < -0.4 is 0 Å². The van der Waals surface area contributed by atoms with Crippen LogP contribution in [0.1, 0.15) is 92.2 Å². The van der Waals surface area contributed by atoms with Crippen LogP contribution >= 0.6 is 0 Å². The average molecular weight is 715 g/mol. The van der Waals surface area contributed by atoms with Crippen molar-refractivity contribution in [2.24, 2.45) is 28.1 Å². The van der Waals surface area contributed by atoms with Crippen LogP contribution in [0.25, 0.3) is 0 Å². The fourth-order valence-electron chi connectivity index (χ4n) is 12.7. The number of furan rings is 1. The maximum absolute atomic E-state index is 13.8. The van der Waals surface area contributed by atoms with E-state index in [1.54, 1.807) is 46.8 Å². The van der Waals surface area contributed by atoms with Crippen LogP contribution in [0.3, 0.4) is 0 Å². The van der Waals surface area contributed by atoms with Gasteiger partial charge in [0.25, 0.3) is 5.97 Å². The van der Waals surface area contributed by atoms with Gasteiger partial charge < -0.3 is 47.8 Å². The zero-order valence-electron chi connectivity index (χ0n) is 29.9. The van der Waals surface area contributed by atoms with Crippen molar-refractivity contribution in [1.82, 2.24) is 0 Å². The normalized spacial score (nSPS) is 49.9. The molecule has 2 spiro atoms. The molecule has 278 valence electrons. The number of aliphatic hydroxyl groups is 2. The second-order valence-electron chi connectivity index (χ2n) is 16.3. The summed E-state index contributed by atoms with van der Waals surface area (Å²) in [6, 6.07) is 1.71. The van der Waals surface area contributed by atoms with Gasteiger partial charge in [-0.05, 0) is 52.0 Å². The summed E-state index contributed by atoms with van der Waals surface area (Å²) in [7, 11) is 0. The van der Waals surface area contributed by atoms with E-state index in [4.69, 9.17) is 37.6 Å². The van der Waals surface area contributed by atoms with Crippen molar-refractivity contribution in [2.75, 3.05) is 13.2 Å². The van der Waals surface area contributed by atoms with E-state index in [2.05, 4.69) is 0 Å². The number of cyclic esters (lactones) is 1. The maximum atomic E-state index is 13.8. The number of carbonyl (C=O) groups excluding carboxylic acids is 4. The van der Waals surface area contributed by atoms with E-state index in [1.807, 2.05) is 6.92 Å². The summed E-state index contributed by atoms with van der Waals surface area (Å²) in [5.41, 5.74) is -10.7. The van der Waals surface area contributed by atoms with Crippen LogP contribution in [0.5, 0.6) is 0 Å². The lowest BCUT2D eigenvalue weighted by molar-refractivity contribution is -0.484. The maximum Gasteiger partial charge on any atom is 0.333 e. The van der Waals surface area contributed by atoms with Gasteiger partial charge in [-0.3, -0.25) is 14.4 Å². The first-order valence-corrected chi connectivity index (χ1v) is 17.8. The molecular formula is C37H46O14. The first kappa shape index (κ1) is 34.8. The van der Waals surface area contributed by atoms with Crippen molar-refractivity contribution in [1.29, 1.82) is 0 Å². The molecule has 51 heavy (non-hydrogen) atoms. The minimum atomic E-state index is -2.39. The Balaban J connectivity index is 1.46. The number of rotatable bonds is 8. The zero-order valence-corrected chi connectivity index (χ0v) is 29.9. The average Bonchev–Trinajstić information content (AvgIpc) is 3.76. The van der Waals surface area contributed by atoms with Crippen LogP contribution in [0, 0.1) is 28.1 Å². The summed E-state index contributed by atoms with van der Waals surface area (Å²) in [4.78, 5) is 54.5. The van der Waals surface area contributed by atoms with E-state index >= 15 is 0 Å². The molecule has 13 atom stereocenters. The zero-order chi connectivity index (χ0) is 36.8. The molecule has 4 bridgehead atoms. The topological polar surface area (TPSA) is 186 Å². The molecule has 3 aliphatic heterocycles. The number of hydrogen-bond donors (Lipinski definition) is 2. The smallest absolute Gasteiger partial charge is 0.333 e.